The molecule has 3 heterocycles. The smallest absolute Gasteiger partial charge is 0.307 e. The van der Waals surface area contributed by atoms with Crippen LogP contribution < -0.4 is 10.6 Å². The lowest BCUT2D eigenvalue weighted by Crippen LogP contribution is -2.28. The van der Waals surface area contributed by atoms with Crippen molar-refractivity contribution in [3.8, 4) is 0 Å². The van der Waals surface area contributed by atoms with E-state index in [2.05, 4.69) is 25.6 Å². The van der Waals surface area contributed by atoms with Crippen LogP contribution in [-0.2, 0) is 0 Å². The molecule has 3 aromatic rings. The highest BCUT2D eigenvalue weighted by molar-refractivity contribution is 6.33. The summed E-state index contributed by atoms with van der Waals surface area (Å²) in [6.45, 7) is 3.96. The van der Waals surface area contributed by atoms with Crippen molar-refractivity contribution in [2.45, 2.75) is 32.7 Å². The standard InChI is InChI=1S/C19H20ClN5O2.ClH/c1-3-4-16(25-18(26)19-21-7-8-27-19)13-9-15(20)17(23-10-13)24-14-6-5-12(2)22-11-14;/h5-11,16H,3-4H2,1-2H3,(H,23,24)(H,25,26);1H/t16-;/m1./s1. The van der Waals surface area contributed by atoms with Gasteiger partial charge in [-0.3, -0.25) is 9.78 Å². The molecule has 0 aliphatic carbocycles. The Morgan fingerprint density at radius 1 is 1.25 bits per heavy atom. The van der Waals surface area contributed by atoms with Gasteiger partial charge in [-0.1, -0.05) is 24.9 Å². The van der Waals surface area contributed by atoms with E-state index in [0.29, 0.717) is 10.8 Å². The lowest BCUT2D eigenvalue weighted by Gasteiger charge is -2.18. The summed E-state index contributed by atoms with van der Waals surface area (Å²) in [5, 5.41) is 6.52. The average molecular weight is 422 g/mol. The van der Waals surface area contributed by atoms with Crippen molar-refractivity contribution in [3.63, 3.8) is 0 Å². The number of amides is 1. The van der Waals surface area contributed by atoms with E-state index < -0.39 is 0 Å². The molecule has 0 radical (unpaired) electrons. The molecule has 0 fully saturated rings. The highest BCUT2D eigenvalue weighted by Gasteiger charge is 2.19. The molecule has 7 nitrogen and oxygen atoms in total. The molecular formula is C19H21Cl2N5O2. The fourth-order valence-electron chi connectivity index (χ4n) is 2.58. The minimum Gasteiger partial charge on any atom is -0.441 e. The van der Waals surface area contributed by atoms with Crippen LogP contribution in [0.1, 0.15) is 47.7 Å². The Labute approximate surface area is 174 Å². The molecule has 9 heteroatoms. The van der Waals surface area contributed by atoms with E-state index in [1.54, 1.807) is 18.5 Å². The fraction of sp³-hybridized carbons (Fsp3) is 0.263. The Balaban J connectivity index is 0.00000280. The van der Waals surface area contributed by atoms with Gasteiger partial charge in [0.1, 0.15) is 12.1 Å². The van der Waals surface area contributed by atoms with E-state index in [1.807, 2.05) is 26.0 Å². The van der Waals surface area contributed by atoms with Gasteiger partial charge in [-0.2, -0.15) is 0 Å². The first-order chi connectivity index (χ1) is 13.1. The lowest BCUT2D eigenvalue weighted by molar-refractivity contribution is 0.0899. The molecule has 0 saturated heterocycles. The molecule has 0 aromatic carbocycles. The molecule has 2 N–H and O–H groups in total. The molecule has 0 saturated carbocycles. The molecule has 0 unspecified atom stereocenters. The molecule has 3 aromatic heterocycles. The number of pyridine rings is 2. The molecule has 28 heavy (non-hydrogen) atoms. The third-order valence-electron chi connectivity index (χ3n) is 3.95. The number of oxazole rings is 1. The number of aryl methyl sites for hydroxylation is 1. The number of carbonyl (C=O) groups excluding carboxylic acids is 1. The highest BCUT2D eigenvalue weighted by atomic mass is 35.5. The fourth-order valence-corrected chi connectivity index (χ4v) is 2.80. The summed E-state index contributed by atoms with van der Waals surface area (Å²) in [6.07, 6.45) is 7.83. The second-order valence-electron chi connectivity index (χ2n) is 6.06. The predicted octanol–water partition coefficient (Wildman–Crippen LogP) is 4.86. The van der Waals surface area contributed by atoms with Gasteiger partial charge in [0, 0.05) is 11.9 Å². The Morgan fingerprint density at radius 2 is 2.07 bits per heavy atom. The van der Waals surface area contributed by atoms with E-state index >= 15 is 0 Å². The number of anilines is 2. The number of hydrogen-bond acceptors (Lipinski definition) is 6. The SMILES string of the molecule is CCC[C@@H](NC(=O)c1ncco1)c1cnc(Nc2ccc(C)nc2)c(Cl)c1.Cl. The Bertz CT molecular complexity index is 901. The van der Waals surface area contributed by atoms with E-state index in [9.17, 15) is 4.79 Å². The maximum atomic E-state index is 12.2. The summed E-state index contributed by atoms with van der Waals surface area (Å²) >= 11 is 6.40. The number of halogens is 2. The van der Waals surface area contributed by atoms with Crippen molar-refractivity contribution >= 4 is 41.4 Å². The van der Waals surface area contributed by atoms with Gasteiger partial charge < -0.3 is 15.1 Å². The summed E-state index contributed by atoms with van der Waals surface area (Å²) < 4.78 is 5.05. The number of rotatable bonds is 7. The summed E-state index contributed by atoms with van der Waals surface area (Å²) in [4.78, 5) is 24.8. The van der Waals surface area contributed by atoms with Crippen LogP contribution in [0.2, 0.25) is 5.02 Å². The molecule has 0 bridgehead atoms. The van der Waals surface area contributed by atoms with Crippen LogP contribution in [0.15, 0.2) is 47.5 Å². The van der Waals surface area contributed by atoms with E-state index in [1.165, 1.54) is 12.5 Å². The van der Waals surface area contributed by atoms with Crippen molar-refractivity contribution in [1.29, 1.82) is 0 Å². The zero-order chi connectivity index (χ0) is 19.2. The maximum Gasteiger partial charge on any atom is 0.307 e. The normalized spacial score (nSPS) is 11.4. The van der Waals surface area contributed by atoms with Crippen LogP contribution in [0.5, 0.6) is 0 Å². The van der Waals surface area contributed by atoms with Crippen molar-refractivity contribution in [3.05, 3.63) is 65.2 Å². The monoisotopic (exact) mass is 421 g/mol. The van der Waals surface area contributed by atoms with Gasteiger partial charge in [0.05, 0.1) is 29.1 Å². The Hall–Kier alpha value is -2.64. The zero-order valence-corrected chi connectivity index (χ0v) is 17.0. The maximum absolute atomic E-state index is 12.2. The van der Waals surface area contributed by atoms with Crippen LogP contribution in [0.4, 0.5) is 11.5 Å². The first-order valence-electron chi connectivity index (χ1n) is 8.62. The molecular weight excluding hydrogens is 401 g/mol. The second kappa shape index (κ2) is 10.1. The van der Waals surface area contributed by atoms with Gasteiger partial charge in [-0.15, -0.1) is 12.4 Å². The second-order valence-corrected chi connectivity index (χ2v) is 6.47. The molecule has 0 aliphatic heterocycles. The first-order valence-corrected chi connectivity index (χ1v) is 9.00. The molecule has 0 spiro atoms. The quantitative estimate of drug-likeness (QED) is 0.565. The predicted molar refractivity (Wildman–Crippen MR) is 110 cm³/mol. The van der Waals surface area contributed by atoms with Crippen LogP contribution in [-0.4, -0.2) is 20.9 Å². The molecule has 0 aliphatic rings. The number of hydrogen-bond donors (Lipinski definition) is 2. The summed E-state index contributed by atoms with van der Waals surface area (Å²) in [5.74, 6) is 0.183. The third-order valence-corrected chi connectivity index (χ3v) is 4.24. The third kappa shape index (κ3) is 5.43. The minimum atomic E-state index is -0.373. The van der Waals surface area contributed by atoms with Crippen LogP contribution in [0.3, 0.4) is 0 Å². The van der Waals surface area contributed by atoms with E-state index in [0.717, 1.165) is 29.8 Å². The number of nitrogens with one attached hydrogen (secondary N) is 2. The summed E-state index contributed by atoms with van der Waals surface area (Å²) in [5.41, 5.74) is 2.54. The topological polar surface area (TPSA) is 92.9 Å². The lowest BCUT2D eigenvalue weighted by atomic mass is 10.0. The summed E-state index contributed by atoms with van der Waals surface area (Å²) in [6, 6.07) is 5.37. The van der Waals surface area contributed by atoms with Crippen LogP contribution in [0, 0.1) is 6.92 Å². The Kier molecular flexibility index (Phi) is 7.78. The van der Waals surface area contributed by atoms with Gasteiger partial charge in [0.2, 0.25) is 0 Å². The number of aromatic nitrogens is 3. The van der Waals surface area contributed by atoms with Gasteiger partial charge >= 0.3 is 5.91 Å². The Morgan fingerprint density at radius 3 is 2.68 bits per heavy atom. The van der Waals surface area contributed by atoms with Crippen molar-refractivity contribution in [1.82, 2.24) is 20.3 Å². The van der Waals surface area contributed by atoms with Crippen molar-refractivity contribution in [2.75, 3.05) is 5.32 Å². The van der Waals surface area contributed by atoms with Gasteiger partial charge in [-0.05, 0) is 37.1 Å². The van der Waals surface area contributed by atoms with Crippen LogP contribution in [0.25, 0.3) is 0 Å². The van der Waals surface area contributed by atoms with Gasteiger partial charge in [0.15, 0.2) is 0 Å². The molecule has 1 amide bonds. The average Bonchev–Trinajstić information content (AvgIpc) is 3.20. The molecule has 3 rings (SSSR count). The van der Waals surface area contributed by atoms with E-state index in [-0.39, 0.29) is 30.2 Å². The van der Waals surface area contributed by atoms with Crippen molar-refractivity contribution < 1.29 is 9.21 Å². The summed E-state index contributed by atoms with van der Waals surface area (Å²) in [7, 11) is 0. The number of carbonyl (C=O) groups is 1. The van der Waals surface area contributed by atoms with Crippen molar-refractivity contribution in [2.24, 2.45) is 0 Å². The number of nitrogens with zero attached hydrogens (tertiary/aromatic N) is 3. The van der Waals surface area contributed by atoms with E-state index in [4.69, 9.17) is 16.0 Å². The highest BCUT2D eigenvalue weighted by Crippen LogP contribution is 2.28. The molecule has 1 atom stereocenters. The molecule has 148 valence electrons. The first kappa shape index (κ1) is 21.7. The van der Waals surface area contributed by atoms with Gasteiger partial charge in [-0.25, -0.2) is 9.97 Å². The van der Waals surface area contributed by atoms with Gasteiger partial charge in [0.25, 0.3) is 5.89 Å². The minimum absolute atomic E-state index is 0. The largest absolute Gasteiger partial charge is 0.441 e. The zero-order valence-electron chi connectivity index (χ0n) is 15.5. The van der Waals surface area contributed by atoms with Crippen LogP contribution >= 0.6 is 24.0 Å².